The van der Waals surface area contributed by atoms with Crippen molar-refractivity contribution < 1.29 is 0 Å². The zero-order valence-corrected chi connectivity index (χ0v) is 21.5. The molecule has 0 heterocycles. The van der Waals surface area contributed by atoms with Crippen LogP contribution >= 0.6 is 0 Å². The monoisotopic (exact) mass is 436 g/mol. The lowest BCUT2D eigenvalue weighted by Gasteiger charge is -2.38. The second-order valence-corrected chi connectivity index (χ2v) is 11.2. The molecule has 0 atom stereocenters. The highest BCUT2D eigenvalue weighted by Crippen LogP contribution is 2.43. The van der Waals surface area contributed by atoms with Crippen molar-refractivity contribution in [3.05, 3.63) is 41.5 Å². The molecule has 0 amide bonds. The lowest BCUT2D eigenvalue weighted by atomic mass is 9.68. The van der Waals surface area contributed by atoms with Crippen LogP contribution in [0.3, 0.4) is 0 Å². The van der Waals surface area contributed by atoms with Gasteiger partial charge in [0.2, 0.25) is 0 Å². The minimum absolute atomic E-state index is 0.988. The van der Waals surface area contributed by atoms with Gasteiger partial charge in [0.05, 0.1) is 0 Å². The van der Waals surface area contributed by atoms with Crippen LogP contribution in [0, 0.1) is 23.7 Å². The van der Waals surface area contributed by atoms with Gasteiger partial charge in [-0.25, -0.2) is 0 Å². The Bertz CT molecular complexity index is 608. The van der Waals surface area contributed by atoms with Crippen molar-refractivity contribution in [1.29, 1.82) is 0 Å². The Morgan fingerprint density at radius 1 is 0.656 bits per heavy atom. The summed E-state index contributed by atoms with van der Waals surface area (Å²) in [6.07, 6.45) is 30.7. The van der Waals surface area contributed by atoms with E-state index in [0.717, 1.165) is 23.7 Å². The minimum atomic E-state index is 0.988. The number of hydrogen-bond donors (Lipinski definition) is 0. The maximum Gasteiger partial charge on any atom is -0.0260 e. The van der Waals surface area contributed by atoms with Crippen LogP contribution in [0.5, 0.6) is 0 Å². The summed E-state index contributed by atoms with van der Waals surface area (Å²) in [7, 11) is 0. The van der Waals surface area contributed by atoms with Crippen LogP contribution < -0.4 is 0 Å². The van der Waals surface area contributed by atoms with Crippen LogP contribution in [-0.2, 0) is 6.42 Å². The Morgan fingerprint density at radius 3 is 1.81 bits per heavy atom. The number of hydrogen-bond acceptors (Lipinski definition) is 0. The van der Waals surface area contributed by atoms with E-state index in [1.807, 2.05) is 0 Å². The molecule has 0 saturated heterocycles. The summed E-state index contributed by atoms with van der Waals surface area (Å²) in [5.41, 5.74) is 2.87. The molecule has 32 heavy (non-hydrogen) atoms. The van der Waals surface area contributed by atoms with Crippen molar-refractivity contribution in [3.8, 4) is 0 Å². The molecule has 0 spiro atoms. The maximum absolute atomic E-state index is 2.43. The van der Waals surface area contributed by atoms with Gasteiger partial charge in [0, 0.05) is 0 Å². The van der Waals surface area contributed by atoms with Gasteiger partial charge >= 0.3 is 0 Å². The second-order valence-electron chi connectivity index (χ2n) is 11.2. The van der Waals surface area contributed by atoms with Gasteiger partial charge < -0.3 is 0 Å². The van der Waals surface area contributed by atoms with E-state index in [-0.39, 0.29) is 0 Å². The van der Waals surface area contributed by atoms with Crippen molar-refractivity contribution in [2.24, 2.45) is 23.7 Å². The highest BCUT2D eigenvalue weighted by Gasteiger charge is 2.30. The van der Waals surface area contributed by atoms with Gasteiger partial charge in [0.1, 0.15) is 0 Å². The average Bonchev–Trinajstić information content (AvgIpc) is 2.84. The fraction of sp³-hybridized carbons (Fsp3) is 0.750. The summed E-state index contributed by atoms with van der Waals surface area (Å²) in [5.74, 6) is 4.19. The van der Waals surface area contributed by atoms with Gasteiger partial charge in [-0.2, -0.15) is 0 Å². The maximum atomic E-state index is 2.43. The molecule has 0 heteroatoms. The number of unbranched alkanes of at least 4 members (excludes halogenated alkanes) is 4. The Kier molecular flexibility index (Phi) is 12.0. The van der Waals surface area contributed by atoms with Gasteiger partial charge in [-0.3, -0.25) is 0 Å². The molecule has 0 aliphatic heterocycles. The third kappa shape index (κ3) is 9.07. The number of rotatable bonds is 13. The van der Waals surface area contributed by atoms with E-state index >= 15 is 0 Å². The van der Waals surface area contributed by atoms with E-state index in [1.165, 1.54) is 101 Å². The van der Waals surface area contributed by atoms with Gasteiger partial charge in [0.15, 0.2) is 0 Å². The van der Waals surface area contributed by atoms with Crippen LogP contribution in [-0.4, -0.2) is 0 Å². The predicted molar refractivity (Wildman–Crippen MR) is 143 cm³/mol. The highest BCUT2D eigenvalue weighted by atomic mass is 14.4. The van der Waals surface area contributed by atoms with Crippen molar-refractivity contribution in [2.45, 2.75) is 129 Å². The van der Waals surface area contributed by atoms with E-state index in [2.05, 4.69) is 50.3 Å². The molecule has 180 valence electrons. The van der Waals surface area contributed by atoms with E-state index in [1.54, 1.807) is 25.7 Å². The lowest BCUT2D eigenvalue weighted by molar-refractivity contribution is 0.140. The van der Waals surface area contributed by atoms with Crippen LogP contribution in [0.4, 0.5) is 0 Å². The van der Waals surface area contributed by atoms with Gasteiger partial charge in [0.25, 0.3) is 0 Å². The van der Waals surface area contributed by atoms with Crippen LogP contribution in [0.2, 0.25) is 0 Å². The van der Waals surface area contributed by atoms with Crippen LogP contribution in [0.15, 0.2) is 30.3 Å². The van der Waals surface area contributed by atoms with E-state index < -0.39 is 0 Å². The lowest BCUT2D eigenvalue weighted by Crippen LogP contribution is -2.25. The minimum Gasteiger partial charge on any atom is -0.0839 e. The summed E-state index contributed by atoms with van der Waals surface area (Å²) in [6, 6.07) is 9.27. The second kappa shape index (κ2) is 15.0. The molecule has 1 aromatic carbocycles. The first kappa shape index (κ1) is 25.6. The van der Waals surface area contributed by atoms with Crippen LogP contribution in [0.25, 0.3) is 6.08 Å². The number of allylic oxidation sites excluding steroid dienone is 1. The fourth-order valence-corrected chi connectivity index (χ4v) is 6.51. The first-order valence-electron chi connectivity index (χ1n) is 14.5. The van der Waals surface area contributed by atoms with Gasteiger partial charge in [-0.1, -0.05) is 114 Å². The molecular formula is C32H52. The standard InChI is InChI=1S/C32H52/c1-3-5-7-11-27-15-17-28(18-16-27)13-9-10-14-30-21-25-32(26-22-30)31-23-19-29(20-24-31)12-8-6-4-2/h9,13,15-18,29-32H,3-8,10-12,14,19-26H2,1-2H3/b13-9-. The topological polar surface area (TPSA) is 0 Å². The average molecular weight is 437 g/mol. The molecule has 3 rings (SSSR count). The zero-order valence-electron chi connectivity index (χ0n) is 21.5. The third-order valence-corrected chi connectivity index (χ3v) is 8.77. The number of aryl methyl sites for hydroxylation is 1. The number of benzene rings is 1. The molecule has 0 nitrogen and oxygen atoms in total. The molecule has 1 aromatic rings. The molecule has 0 aromatic heterocycles. The van der Waals surface area contributed by atoms with Crippen LogP contribution in [0.1, 0.15) is 134 Å². The quantitative estimate of drug-likeness (QED) is 0.270. The summed E-state index contributed by atoms with van der Waals surface area (Å²) in [6.45, 7) is 4.61. The normalized spacial score (nSPS) is 26.6. The molecule has 0 N–H and O–H groups in total. The molecule has 2 aliphatic carbocycles. The smallest absolute Gasteiger partial charge is 0.0260 e. The molecule has 0 unspecified atom stereocenters. The van der Waals surface area contributed by atoms with Gasteiger partial charge in [-0.15, -0.1) is 0 Å². The summed E-state index contributed by atoms with van der Waals surface area (Å²) >= 11 is 0. The summed E-state index contributed by atoms with van der Waals surface area (Å²) in [4.78, 5) is 0. The predicted octanol–water partition coefficient (Wildman–Crippen LogP) is 10.4. The molecule has 2 aliphatic rings. The first-order chi connectivity index (χ1) is 15.8. The molecular weight excluding hydrogens is 384 g/mol. The van der Waals surface area contributed by atoms with E-state index in [9.17, 15) is 0 Å². The molecule has 0 bridgehead atoms. The fourth-order valence-electron chi connectivity index (χ4n) is 6.51. The van der Waals surface area contributed by atoms with Crippen molar-refractivity contribution >= 4 is 6.08 Å². The molecule has 0 radical (unpaired) electrons. The largest absolute Gasteiger partial charge is 0.0839 e. The molecule has 2 fully saturated rings. The van der Waals surface area contributed by atoms with Crippen molar-refractivity contribution in [1.82, 2.24) is 0 Å². The Hall–Kier alpha value is -1.04. The summed E-state index contributed by atoms with van der Waals surface area (Å²) in [5, 5.41) is 0. The zero-order chi connectivity index (χ0) is 22.4. The SMILES string of the molecule is CCCCCc1ccc(/C=C\CCC2CCC(C3CCC(CCCCC)CC3)CC2)cc1. The third-order valence-electron chi connectivity index (χ3n) is 8.77. The van der Waals surface area contributed by atoms with E-state index in [4.69, 9.17) is 0 Å². The Labute approximate surface area is 200 Å². The molecule has 2 saturated carbocycles. The Morgan fingerprint density at radius 2 is 1.22 bits per heavy atom. The first-order valence-corrected chi connectivity index (χ1v) is 14.5. The van der Waals surface area contributed by atoms with E-state index in [0.29, 0.717) is 0 Å². The van der Waals surface area contributed by atoms with Crippen molar-refractivity contribution in [3.63, 3.8) is 0 Å². The van der Waals surface area contributed by atoms with Crippen molar-refractivity contribution in [2.75, 3.05) is 0 Å². The highest BCUT2D eigenvalue weighted by molar-refractivity contribution is 5.49. The summed E-state index contributed by atoms with van der Waals surface area (Å²) < 4.78 is 0. The van der Waals surface area contributed by atoms with Gasteiger partial charge in [-0.05, 0) is 86.2 Å². The Balaban J connectivity index is 1.27.